The Morgan fingerprint density at radius 2 is 1.79 bits per heavy atom. The van der Waals surface area contributed by atoms with E-state index in [1.54, 1.807) is 0 Å². The Morgan fingerprint density at radius 3 is 2.21 bits per heavy atom. The molecule has 1 rings (SSSR count). The molecular weight excluding hydrogens is 238 g/mol. The van der Waals surface area contributed by atoms with Gasteiger partial charge < -0.3 is 20.2 Å². The summed E-state index contributed by atoms with van der Waals surface area (Å²) in [6.07, 6.45) is 2.11. The molecule has 4 heteroatoms. The van der Waals surface area contributed by atoms with Crippen LogP contribution in [0.25, 0.3) is 0 Å². The van der Waals surface area contributed by atoms with Crippen molar-refractivity contribution in [3.05, 3.63) is 0 Å². The van der Waals surface area contributed by atoms with Gasteiger partial charge >= 0.3 is 0 Å². The van der Waals surface area contributed by atoms with Crippen LogP contribution in [0, 0.1) is 0 Å². The van der Waals surface area contributed by atoms with Gasteiger partial charge in [0.15, 0.2) is 0 Å². The zero-order valence-electron chi connectivity index (χ0n) is 13.3. The van der Waals surface area contributed by atoms with Crippen LogP contribution < -0.4 is 5.32 Å². The maximum absolute atomic E-state index is 9.75. The first kappa shape index (κ1) is 16.9. The minimum Gasteiger partial charge on any atom is -0.394 e. The lowest BCUT2D eigenvalue weighted by Crippen LogP contribution is -2.57. The number of nitrogens with one attached hydrogen (secondary N) is 1. The van der Waals surface area contributed by atoms with E-state index in [9.17, 15) is 5.11 Å². The second kappa shape index (κ2) is 8.20. The molecule has 0 bridgehead atoms. The summed E-state index contributed by atoms with van der Waals surface area (Å²) >= 11 is 0. The van der Waals surface area contributed by atoms with Gasteiger partial charge in [-0.15, -0.1) is 0 Å². The largest absolute Gasteiger partial charge is 0.394 e. The Bertz CT molecular complexity index is 234. The van der Waals surface area contributed by atoms with Crippen LogP contribution >= 0.6 is 0 Å². The second-order valence-electron chi connectivity index (χ2n) is 6.02. The lowest BCUT2D eigenvalue weighted by molar-refractivity contribution is 0.0637. The smallest absolute Gasteiger partial charge is 0.0614 e. The van der Waals surface area contributed by atoms with Crippen molar-refractivity contribution in [1.29, 1.82) is 0 Å². The molecule has 0 aromatic rings. The zero-order chi connectivity index (χ0) is 14.3. The molecule has 4 nitrogen and oxygen atoms in total. The fraction of sp³-hybridized carbons (Fsp3) is 1.00. The monoisotopic (exact) mass is 271 g/mol. The Labute approximate surface area is 119 Å². The minimum absolute atomic E-state index is 0.0431. The number of likely N-dealkylation sites (N-methyl/N-ethyl adjacent to an activating group) is 1. The van der Waals surface area contributed by atoms with Crippen LogP contribution in [-0.2, 0) is 0 Å². The number of likely N-dealkylation sites (tertiary alicyclic amines) is 1. The van der Waals surface area contributed by atoms with Gasteiger partial charge in [0, 0.05) is 37.8 Å². The molecule has 0 unspecified atom stereocenters. The molecular formula is C15H33N3O. The van der Waals surface area contributed by atoms with E-state index in [1.165, 1.54) is 0 Å². The fourth-order valence-electron chi connectivity index (χ4n) is 2.88. The summed E-state index contributed by atoms with van der Waals surface area (Å²) in [6, 6.07) is 0.618. The number of piperidine rings is 1. The third kappa shape index (κ3) is 5.03. The van der Waals surface area contributed by atoms with Gasteiger partial charge in [0.2, 0.25) is 0 Å². The van der Waals surface area contributed by atoms with Crippen LogP contribution in [0.4, 0.5) is 0 Å². The van der Waals surface area contributed by atoms with Crippen molar-refractivity contribution in [2.75, 3.05) is 45.9 Å². The van der Waals surface area contributed by atoms with Gasteiger partial charge in [0.1, 0.15) is 0 Å². The van der Waals surface area contributed by atoms with Crippen LogP contribution in [0.15, 0.2) is 0 Å². The van der Waals surface area contributed by atoms with Crippen molar-refractivity contribution in [3.8, 4) is 0 Å². The molecule has 1 heterocycles. The Morgan fingerprint density at radius 1 is 1.21 bits per heavy atom. The molecule has 0 aromatic carbocycles. The second-order valence-corrected chi connectivity index (χ2v) is 6.02. The number of hydrogen-bond acceptors (Lipinski definition) is 4. The highest BCUT2D eigenvalue weighted by Gasteiger charge is 2.33. The van der Waals surface area contributed by atoms with E-state index in [0.717, 1.165) is 52.1 Å². The van der Waals surface area contributed by atoms with E-state index < -0.39 is 0 Å². The first-order valence-electron chi connectivity index (χ1n) is 7.89. The third-order valence-corrected chi connectivity index (χ3v) is 4.61. The van der Waals surface area contributed by atoms with Gasteiger partial charge in [0.25, 0.3) is 0 Å². The average Bonchev–Trinajstić information content (AvgIpc) is 2.44. The summed E-state index contributed by atoms with van der Waals surface area (Å²) in [6.45, 7) is 15.6. The Balaban J connectivity index is 2.37. The predicted molar refractivity (Wildman–Crippen MR) is 81.6 cm³/mol. The Kier molecular flexibility index (Phi) is 7.29. The highest BCUT2D eigenvalue weighted by molar-refractivity contribution is 4.93. The maximum Gasteiger partial charge on any atom is 0.0614 e. The molecule has 19 heavy (non-hydrogen) atoms. The van der Waals surface area contributed by atoms with Crippen molar-refractivity contribution in [3.63, 3.8) is 0 Å². The maximum atomic E-state index is 9.75. The van der Waals surface area contributed by atoms with Gasteiger partial charge in [-0.1, -0.05) is 13.8 Å². The van der Waals surface area contributed by atoms with E-state index in [1.807, 2.05) is 0 Å². The van der Waals surface area contributed by atoms with E-state index >= 15 is 0 Å². The Hall–Kier alpha value is -0.160. The molecule has 1 fully saturated rings. The summed E-state index contributed by atoms with van der Waals surface area (Å²) < 4.78 is 0. The van der Waals surface area contributed by atoms with Crippen LogP contribution in [0.3, 0.4) is 0 Å². The predicted octanol–water partition coefficient (Wildman–Crippen LogP) is 1.15. The molecule has 1 saturated heterocycles. The van der Waals surface area contributed by atoms with Crippen molar-refractivity contribution in [2.45, 2.75) is 52.1 Å². The molecule has 0 aromatic heterocycles. The number of rotatable bonds is 8. The van der Waals surface area contributed by atoms with Gasteiger partial charge in [0.05, 0.1) is 6.61 Å². The number of aliphatic hydroxyl groups is 1. The summed E-state index contributed by atoms with van der Waals surface area (Å²) in [5.74, 6) is 0. The molecule has 0 atom stereocenters. The molecule has 0 radical (unpaired) electrons. The first-order chi connectivity index (χ1) is 9.06. The fourth-order valence-corrected chi connectivity index (χ4v) is 2.88. The summed E-state index contributed by atoms with van der Waals surface area (Å²) in [5, 5.41) is 13.4. The van der Waals surface area contributed by atoms with Gasteiger partial charge in [-0.25, -0.2) is 0 Å². The quantitative estimate of drug-likeness (QED) is 0.695. The molecule has 114 valence electrons. The molecule has 2 N–H and O–H groups in total. The van der Waals surface area contributed by atoms with E-state index in [-0.39, 0.29) is 12.1 Å². The lowest BCUT2D eigenvalue weighted by Gasteiger charge is -2.43. The van der Waals surface area contributed by atoms with Crippen molar-refractivity contribution < 1.29 is 5.11 Å². The van der Waals surface area contributed by atoms with Crippen LogP contribution in [0.1, 0.15) is 40.5 Å². The molecule has 1 aliphatic rings. The SMILES string of the molecule is CCN(CC)CCNC1(CO)CCN(C(C)C)CC1. The van der Waals surface area contributed by atoms with Crippen molar-refractivity contribution in [2.24, 2.45) is 0 Å². The summed E-state index contributed by atoms with van der Waals surface area (Å²) in [7, 11) is 0. The van der Waals surface area contributed by atoms with Crippen LogP contribution in [-0.4, -0.2) is 72.4 Å². The first-order valence-corrected chi connectivity index (χ1v) is 7.89. The van der Waals surface area contributed by atoms with Crippen molar-refractivity contribution >= 4 is 0 Å². The van der Waals surface area contributed by atoms with E-state index in [2.05, 4.69) is 42.8 Å². The zero-order valence-corrected chi connectivity index (χ0v) is 13.3. The van der Waals surface area contributed by atoms with E-state index in [0.29, 0.717) is 6.04 Å². The number of aliphatic hydroxyl groups excluding tert-OH is 1. The normalized spacial score (nSPS) is 20.4. The summed E-state index contributed by atoms with van der Waals surface area (Å²) in [5.41, 5.74) is -0.0431. The highest BCUT2D eigenvalue weighted by Crippen LogP contribution is 2.23. The van der Waals surface area contributed by atoms with Crippen LogP contribution in [0.5, 0.6) is 0 Å². The average molecular weight is 271 g/mol. The minimum atomic E-state index is -0.0431. The highest BCUT2D eigenvalue weighted by atomic mass is 16.3. The van der Waals surface area contributed by atoms with Gasteiger partial charge in [-0.05, 0) is 39.8 Å². The number of hydrogen-bond donors (Lipinski definition) is 2. The van der Waals surface area contributed by atoms with Crippen LogP contribution in [0.2, 0.25) is 0 Å². The van der Waals surface area contributed by atoms with Gasteiger partial charge in [-0.2, -0.15) is 0 Å². The molecule has 0 amide bonds. The number of nitrogens with zero attached hydrogens (tertiary/aromatic N) is 2. The summed E-state index contributed by atoms with van der Waals surface area (Å²) in [4.78, 5) is 4.92. The molecule has 0 saturated carbocycles. The third-order valence-electron chi connectivity index (χ3n) is 4.61. The van der Waals surface area contributed by atoms with Crippen molar-refractivity contribution in [1.82, 2.24) is 15.1 Å². The van der Waals surface area contributed by atoms with Gasteiger partial charge in [-0.3, -0.25) is 0 Å². The lowest BCUT2D eigenvalue weighted by atomic mass is 9.87. The molecule has 1 aliphatic heterocycles. The standard InChI is InChI=1S/C15H33N3O/c1-5-17(6-2)12-9-16-15(13-19)7-10-18(11-8-15)14(3)4/h14,16,19H,5-13H2,1-4H3. The van der Waals surface area contributed by atoms with E-state index in [4.69, 9.17) is 0 Å². The molecule has 0 aliphatic carbocycles. The molecule has 0 spiro atoms. The topological polar surface area (TPSA) is 38.7 Å².